The van der Waals surface area contributed by atoms with E-state index in [4.69, 9.17) is 15.7 Å². The van der Waals surface area contributed by atoms with Gasteiger partial charge in [0.05, 0.1) is 0 Å². The minimum absolute atomic E-state index is 0.00130. The van der Waals surface area contributed by atoms with E-state index in [0.717, 1.165) is 25.0 Å². The van der Waals surface area contributed by atoms with Crippen LogP contribution < -0.4 is 10.5 Å². The van der Waals surface area contributed by atoms with Crippen molar-refractivity contribution in [1.82, 2.24) is 4.98 Å². The Morgan fingerprint density at radius 1 is 1.50 bits per heavy atom. The first kappa shape index (κ1) is 10.9. The maximum absolute atomic E-state index is 8.95. The van der Waals surface area contributed by atoms with Gasteiger partial charge in [-0.3, -0.25) is 0 Å². The average Bonchev–Trinajstić information content (AvgIpc) is 2.65. The molecule has 0 saturated heterocycles. The molecule has 4 heteroatoms. The van der Waals surface area contributed by atoms with Gasteiger partial charge in [-0.1, -0.05) is 0 Å². The lowest BCUT2D eigenvalue weighted by Gasteiger charge is -2.17. The Morgan fingerprint density at radius 2 is 2.31 bits per heavy atom. The topological polar surface area (TPSA) is 71.9 Å². The predicted molar refractivity (Wildman–Crippen MR) is 59.9 cm³/mol. The van der Waals surface area contributed by atoms with E-state index in [9.17, 15) is 0 Å². The van der Waals surface area contributed by atoms with Gasteiger partial charge in [0.2, 0.25) is 5.88 Å². The standard InChI is InChI=1S/C12H15N3O/c1-8-5-6-9(7-13)12(15-8)16-11-4-2-3-10(11)14/h5-6,10-11H,2-4,14H2,1H3. The largest absolute Gasteiger partial charge is 0.472 e. The summed E-state index contributed by atoms with van der Waals surface area (Å²) in [5, 5.41) is 8.95. The number of ether oxygens (including phenoxy) is 1. The maximum atomic E-state index is 8.95. The van der Waals surface area contributed by atoms with Gasteiger partial charge >= 0.3 is 0 Å². The average molecular weight is 217 g/mol. The number of aryl methyl sites for hydroxylation is 1. The molecule has 1 fully saturated rings. The molecule has 2 rings (SSSR count). The molecule has 1 heterocycles. The highest BCUT2D eigenvalue weighted by Gasteiger charge is 2.26. The number of hydrogen-bond acceptors (Lipinski definition) is 4. The zero-order chi connectivity index (χ0) is 11.5. The summed E-state index contributed by atoms with van der Waals surface area (Å²) >= 11 is 0. The molecule has 1 aliphatic rings. The molecule has 16 heavy (non-hydrogen) atoms. The first-order valence-corrected chi connectivity index (χ1v) is 5.50. The molecule has 0 radical (unpaired) electrons. The normalized spacial score (nSPS) is 24.1. The van der Waals surface area contributed by atoms with E-state index < -0.39 is 0 Å². The molecule has 1 saturated carbocycles. The van der Waals surface area contributed by atoms with Crippen LogP contribution in [-0.2, 0) is 0 Å². The Morgan fingerprint density at radius 3 is 2.94 bits per heavy atom. The summed E-state index contributed by atoms with van der Waals surface area (Å²) in [6.07, 6.45) is 3.01. The van der Waals surface area contributed by atoms with Crippen molar-refractivity contribution in [2.75, 3.05) is 0 Å². The van der Waals surface area contributed by atoms with Gasteiger partial charge in [-0.2, -0.15) is 5.26 Å². The zero-order valence-electron chi connectivity index (χ0n) is 9.31. The quantitative estimate of drug-likeness (QED) is 0.815. The molecule has 1 aliphatic carbocycles. The fourth-order valence-electron chi connectivity index (χ4n) is 1.95. The van der Waals surface area contributed by atoms with Crippen molar-refractivity contribution in [2.24, 2.45) is 5.73 Å². The molecule has 2 unspecified atom stereocenters. The fourth-order valence-corrected chi connectivity index (χ4v) is 1.95. The Balaban J connectivity index is 2.20. The molecule has 84 valence electrons. The number of nitrogens with zero attached hydrogens (tertiary/aromatic N) is 2. The Bertz CT molecular complexity index is 425. The Hall–Kier alpha value is -1.60. The van der Waals surface area contributed by atoms with Crippen LogP contribution in [0.5, 0.6) is 5.88 Å². The van der Waals surface area contributed by atoms with Crippen LogP contribution in [0.3, 0.4) is 0 Å². The predicted octanol–water partition coefficient (Wildman–Crippen LogP) is 1.52. The number of rotatable bonds is 2. The van der Waals surface area contributed by atoms with Crippen molar-refractivity contribution in [1.29, 1.82) is 5.26 Å². The van der Waals surface area contributed by atoms with Crippen LogP contribution in [0.2, 0.25) is 0 Å². The van der Waals surface area contributed by atoms with Crippen LogP contribution in [-0.4, -0.2) is 17.1 Å². The van der Waals surface area contributed by atoms with Gasteiger partial charge in [0.15, 0.2) is 0 Å². The summed E-state index contributed by atoms with van der Waals surface area (Å²) in [7, 11) is 0. The van der Waals surface area contributed by atoms with Gasteiger partial charge in [-0.05, 0) is 38.3 Å². The molecule has 0 bridgehead atoms. The third-order valence-corrected chi connectivity index (χ3v) is 2.89. The lowest BCUT2D eigenvalue weighted by molar-refractivity contribution is 0.183. The first-order chi connectivity index (χ1) is 7.70. The molecule has 0 aromatic carbocycles. The molecule has 0 spiro atoms. The van der Waals surface area contributed by atoms with E-state index >= 15 is 0 Å². The summed E-state index contributed by atoms with van der Waals surface area (Å²) in [6.45, 7) is 1.88. The summed E-state index contributed by atoms with van der Waals surface area (Å²) < 4.78 is 5.73. The smallest absolute Gasteiger partial charge is 0.232 e. The molecule has 0 amide bonds. The van der Waals surface area contributed by atoms with Gasteiger partial charge in [-0.25, -0.2) is 4.98 Å². The monoisotopic (exact) mass is 217 g/mol. The highest BCUT2D eigenvalue weighted by Crippen LogP contribution is 2.24. The van der Waals surface area contributed by atoms with Crippen molar-refractivity contribution in [2.45, 2.75) is 38.3 Å². The summed E-state index contributed by atoms with van der Waals surface area (Å²) in [6, 6.07) is 5.69. The minimum Gasteiger partial charge on any atom is -0.472 e. The number of nitriles is 1. The van der Waals surface area contributed by atoms with Crippen LogP contribution in [0.25, 0.3) is 0 Å². The molecule has 1 aromatic heterocycles. The van der Waals surface area contributed by atoms with E-state index in [1.54, 1.807) is 12.1 Å². The third kappa shape index (κ3) is 2.15. The summed E-state index contributed by atoms with van der Waals surface area (Å²) in [4.78, 5) is 4.24. The van der Waals surface area contributed by atoms with Crippen molar-refractivity contribution < 1.29 is 4.74 Å². The highest BCUT2D eigenvalue weighted by molar-refractivity contribution is 5.38. The van der Waals surface area contributed by atoms with Crippen LogP contribution in [0.15, 0.2) is 12.1 Å². The van der Waals surface area contributed by atoms with Gasteiger partial charge in [0.25, 0.3) is 0 Å². The van der Waals surface area contributed by atoms with Gasteiger partial charge in [0.1, 0.15) is 17.7 Å². The summed E-state index contributed by atoms with van der Waals surface area (Å²) in [5.74, 6) is 0.421. The van der Waals surface area contributed by atoms with Crippen LogP contribution in [0.4, 0.5) is 0 Å². The van der Waals surface area contributed by atoms with E-state index in [0.29, 0.717) is 11.4 Å². The van der Waals surface area contributed by atoms with E-state index in [-0.39, 0.29) is 12.1 Å². The van der Waals surface area contributed by atoms with Crippen molar-refractivity contribution >= 4 is 0 Å². The second-order valence-electron chi connectivity index (χ2n) is 4.17. The number of hydrogen-bond donors (Lipinski definition) is 1. The molecular formula is C12H15N3O. The Labute approximate surface area is 95.0 Å². The van der Waals surface area contributed by atoms with E-state index in [1.807, 2.05) is 6.92 Å². The number of aromatic nitrogens is 1. The molecule has 2 N–H and O–H groups in total. The van der Waals surface area contributed by atoms with Crippen molar-refractivity contribution in [3.63, 3.8) is 0 Å². The lowest BCUT2D eigenvalue weighted by atomic mass is 10.2. The van der Waals surface area contributed by atoms with E-state index in [1.165, 1.54) is 0 Å². The van der Waals surface area contributed by atoms with Crippen molar-refractivity contribution in [3.8, 4) is 11.9 Å². The van der Waals surface area contributed by atoms with Crippen LogP contribution >= 0.6 is 0 Å². The molecule has 2 atom stereocenters. The second kappa shape index (κ2) is 4.50. The molecule has 4 nitrogen and oxygen atoms in total. The third-order valence-electron chi connectivity index (χ3n) is 2.89. The first-order valence-electron chi connectivity index (χ1n) is 5.50. The molecule has 1 aromatic rings. The van der Waals surface area contributed by atoms with Crippen molar-refractivity contribution in [3.05, 3.63) is 23.4 Å². The Kier molecular flexibility index (Phi) is 3.07. The van der Waals surface area contributed by atoms with Crippen LogP contribution in [0, 0.1) is 18.3 Å². The highest BCUT2D eigenvalue weighted by atomic mass is 16.5. The fraction of sp³-hybridized carbons (Fsp3) is 0.500. The second-order valence-corrected chi connectivity index (χ2v) is 4.17. The van der Waals surface area contributed by atoms with Gasteiger partial charge < -0.3 is 10.5 Å². The molecular weight excluding hydrogens is 202 g/mol. The van der Waals surface area contributed by atoms with E-state index in [2.05, 4.69) is 11.1 Å². The zero-order valence-corrected chi connectivity index (χ0v) is 9.31. The minimum atomic E-state index is 0.00130. The number of pyridine rings is 1. The summed E-state index contributed by atoms with van der Waals surface area (Å²) in [5.41, 5.74) is 7.25. The van der Waals surface area contributed by atoms with Crippen LogP contribution in [0.1, 0.15) is 30.5 Å². The van der Waals surface area contributed by atoms with Gasteiger partial charge in [-0.15, -0.1) is 0 Å². The number of nitrogens with two attached hydrogens (primary N) is 1. The SMILES string of the molecule is Cc1ccc(C#N)c(OC2CCCC2N)n1. The van der Waals surface area contributed by atoms with Gasteiger partial charge in [0, 0.05) is 11.7 Å². The maximum Gasteiger partial charge on any atom is 0.232 e. The molecule has 0 aliphatic heterocycles. The lowest BCUT2D eigenvalue weighted by Crippen LogP contribution is -2.34.